The van der Waals surface area contributed by atoms with Crippen LogP contribution >= 0.6 is 0 Å². The summed E-state index contributed by atoms with van der Waals surface area (Å²) in [6.07, 6.45) is 0.554. The van der Waals surface area contributed by atoms with E-state index in [1.54, 1.807) is 0 Å². The van der Waals surface area contributed by atoms with Gasteiger partial charge in [0.25, 0.3) is 0 Å². The average molecular weight is 275 g/mol. The predicted molar refractivity (Wildman–Crippen MR) is 82.3 cm³/mol. The summed E-state index contributed by atoms with van der Waals surface area (Å²) in [7, 11) is 0. The van der Waals surface area contributed by atoms with Crippen LogP contribution in [0.4, 0.5) is 5.69 Å². The number of nitrogens with zero attached hydrogens (tertiary/aromatic N) is 1. The molecule has 20 heavy (non-hydrogen) atoms. The van der Waals surface area contributed by atoms with Gasteiger partial charge in [-0.2, -0.15) is 0 Å². The lowest BCUT2D eigenvalue weighted by molar-refractivity contribution is -0.116. The highest BCUT2D eigenvalue weighted by atomic mass is 16.1. The van der Waals surface area contributed by atoms with E-state index in [1.807, 2.05) is 24.3 Å². The Labute approximate surface area is 121 Å². The largest absolute Gasteiger partial charge is 0.326 e. The fourth-order valence-corrected chi connectivity index (χ4v) is 2.64. The van der Waals surface area contributed by atoms with E-state index in [4.69, 9.17) is 5.73 Å². The summed E-state index contributed by atoms with van der Waals surface area (Å²) in [4.78, 5) is 14.3. The first-order valence-corrected chi connectivity index (χ1v) is 7.39. The monoisotopic (exact) mass is 275 g/mol. The number of hydrogen-bond donors (Lipinski definition) is 2. The molecular weight excluding hydrogens is 250 g/mol. The molecule has 1 aromatic carbocycles. The smallest absolute Gasteiger partial charge is 0.225 e. The van der Waals surface area contributed by atoms with Gasteiger partial charge in [-0.3, -0.25) is 4.79 Å². The number of benzene rings is 1. The van der Waals surface area contributed by atoms with Gasteiger partial charge in [-0.25, -0.2) is 0 Å². The van der Waals surface area contributed by atoms with Crippen LogP contribution in [0.25, 0.3) is 0 Å². The molecule has 2 atom stereocenters. The van der Waals surface area contributed by atoms with Crippen LogP contribution in [0.2, 0.25) is 0 Å². The van der Waals surface area contributed by atoms with Gasteiger partial charge in [0.05, 0.1) is 0 Å². The van der Waals surface area contributed by atoms with Gasteiger partial charge in [-0.15, -0.1) is 0 Å². The Hall–Kier alpha value is -1.39. The molecule has 1 heterocycles. The molecule has 0 aliphatic carbocycles. The Bertz CT molecular complexity index is 434. The number of carbonyl (C=O) groups excluding carboxylic acids is 1. The molecule has 0 spiro atoms. The maximum absolute atomic E-state index is 11.9. The standard InChI is InChI=1S/C16H25N3O/c1-12-10-19(11-13(12)2)8-7-16(20)18-15-5-3-14(9-17)4-6-15/h3-6,12-13H,7-11,17H2,1-2H3,(H,18,20). The highest BCUT2D eigenvalue weighted by Gasteiger charge is 2.25. The van der Waals surface area contributed by atoms with Crippen LogP contribution in [0.5, 0.6) is 0 Å². The van der Waals surface area contributed by atoms with E-state index >= 15 is 0 Å². The van der Waals surface area contributed by atoms with Gasteiger partial charge < -0.3 is 16.0 Å². The molecule has 1 amide bonds. The lowest BCUT2D eigenvalue weighted by atomic mass is 10.0. The predicted octanol–water partition coefficient (Wildman–Crippen LogP) is 2.06. The van der Waals surface area contributed by atoms with E-state index in [1.165, 1.54) is 0 Å². The van der Waals surface area contributed by atoms with Gasteiger partial charge in [0.15, 0.2) is 0 Å². The zero-order chi connectivity index (χ0) is 14.5. The van der Waals surface area contributed by atoms with Gasteiger partial charge in [0, 0.05) is 38.3 Å². The topological polar surface area (TPSA) is 58.4 Å². The number of likely N-dealkylation sites (tertiary alicyclic amines) is 1. The molecule has 1 aliphatic heterocycles. The summed E-state index contributed by atoms with van der Waals surface area (Å²) in [5.74, 6) is 1.56. The number of anilines is 1. The summed E-state index contributed by atoms with van der Waals surface area (Å²) in [6.45, 7) is 8.16. The molecule has 2 unspecified atom stereocenters. The third-order valence-corrected chi connectivity index (χ3v) is 4.19. The molecule has 1 aromatic rings. The summed E-state index contributed by atoms with van der Waals surface area (Å²) in [6, 6.07) is 7.69. The second kappa shape index (κ2) is 6.86. The summed E-state index contributed by atoms with van der Waals surface area (Å²) in [5, 5.41) is 2.93. The van der Waals surface area contributed by atoms with Crippen molar-refractivity contribution in [2.45, 2.75) is 26.8 Å². The molecule has 1 fully saturated rings. The Morgan fingerprint density at radius 2 is 1.85 bits per heavy atom. The minimum Gasteiger partial charge on any atom is -0.326 e. The molecule has 0 aromatic heterocycles. The molecule has 1 saturated heterocycles. The van der Waals surface area contributed by atoms with Gasteiger partial charge >= 0.3 is 0 Å². The van der Waals surface area contributed by atoms with Crippen molar-refractivity contribution in [1.29, 1.82) is 0 Å². The number of carbonyl (C=O) groups is 1. The Morgan fingerprint density at radius 1 is 1.25 bits per heavy atom. The number of rotatable bonds is 5. The van der Waals surface area contributed by atoms with E-state index in [0.717, 1.165) is 42.7 Å². The van der Waals surface area contributed by atoms with Crippen molar-refractivity contribution in [2.24, 2.45) is 17.6 Å². The second-order valence-corrected chi connectivity index (χ2v) is 5.91. The van der Waals surface area contributed by atoms with E-state index < -0.39 is 0 Å². The van der Waals surface area contributed by atoms with E-state index in [9.17, 15) is 4.79 Å². The van der Waals surface area contributed by atoms with Gasteiger partial charge in [0.2, 0.25) is 5.91 Å². The highest BCUT2D eigenvalue weighted by Crippen LogP contribution is 2.22. The number of nitrogens with two attached hydrogens (primary N) is 1. The summed E-state index contributed by atoms with van der Waals surface area (Å²) < 4.78 is 0. The molecule has 4 nitrogen and oxygen atoms in total. The molecule has 0 radical (unpaired) electrons. The fraction of sp³-hybridized carbons (Fsp3) is 0.562. The Morgan fingerprint density at radius 3 is 2.40 bits per heavy atom. The first-order chi connectivity index (χ1) is 9.58. The fourth-order valence-electron chi connectivity index (χ4n) is 2.64. The molecule has 1 aliphatic rings. The number of amides is 1. The average Bonchev–Trinajstić information content (AvgIpc) is 2.76. The minimum atomic E-state index is 0.0812. The maximum atomic E-state index is 11.9. The molecule has 110 valence electrons. The van der Waals surface area contributed by atoms with Crippen LogP contribution in [-0.2, 0) is 11.3 Å². The molecule has 2 rings (SSSR count). The van der Waals surface area contributed by atoms with E-state index in [-0.39, 0.29) is 5.91 Å². The van der Waals surface area contributed by atoms with Crippen molar-refractivity contribution in [1.82, 2.24) is 4.90 Å². The quantitative estimate of drug-likeness (QED) is 0.865. The zero-order valence-electron chi connectivity index (χ0n) is 12.4. The first-order valence-electron chi connectivity index (χ1n) is 7.39. The third kappa shape index (κ3) is 4.05. The molecule has 3 N–H and O–H groups in total. The number of hydrogen-bond acceptors (Lipinski definition) is 3. The van der Waals surface area contributed by atoms with Crippen molar-refractivity contribution in [3.8, 4) is 0 Å². The Kier molecular flexibility index (Phi) is 5.15. The van der Waals surface area contributed by atoms with Crippen LogP contribution in [0, 0.1) is 11.8 Å². The molecule has 4 heteroatoms. The Balaban J connectivity index is 1.75. The van der Waals surface area contributed by atoms with Crippen LogP contribution < -0.4 is 11.1 Å². The lowest BCUT2D eigenvalue weighted by Crippen LogP contribution is -2.26. The van der Waals surface area contributed by atoms with Gasteiger partial charge in [-0.1, -0.05) is 26.0 Å². The van der Waals surface area contributed by atoms with E-state index in [2.05, 4.69) is 24.1 Å². The van der Waals surface area contributed by atoms with Crippen LogP contribution in [0.1, 0.15) is 25.8 Å². The first kappa shape index (κ1) is 15.0. The van der Waals surface area contributed by atoms with Crippen molar-refractivity contribution >= 4 is 11.6 Å². The van der Waals surface area contributed by atoms with E-state index in [0.29, 0.717) is 13.0 Å². The summed E-state index contributed by atoms with van der Waals surface area (Å²) in [5.41, 5.74) is 7.46. The van der Waals surface area contributed by atoms with Crippen LogP contribution in [0.15, 0.2) is 24.3 Å². The highest BCUT2D eigenvalue weighted by molar-refractivity contribution is 5.90. The van der Waals surface area contributed by atoms with Crippen molar-refractivity contribution in [2.75, 3.05) is 25.0 Å². The maximum Gasteiger partial charge on any atom is 0.225 e. The van der Waals surface area contributed by atoms with Crippen molar-refractivity contribution < 1.29 is 4.79 Å². The summed E-state index contributed by atoms with van der Waals surface area (Å²) >= 11 is 0. The van der Waals surface area contributed by atoms with Gasteiger partial charge in [0.1, 0.15) is 0 Å². The van der Waals surface area contributed by atoms with Crippen molar-refractivity contribution in [3.63, 3.8) is 0 Å². The zero-order valence-corrected chi connectivity index (χ0v) is 12.4. The number of nitrogens with one attached hydrogen (secondary N) is 1. The minimum absolute atomic E-state index is 0.0812. The SMILES string of the molecule is CC1CN(CCC(=O)Nc2ccc(CN)cc2)CC1C. The molecule has 0 bridgehead atoms. The van der Waals surface area contributed by atoms with Crippen LogP contribution in [0.3, 0.4) is 0 Å². The molecular formula is C16H25N3O. The normalized spacial score (nSPS) is 22.9. The van der Waals surface area contributed by atoms with Crippen LogP contribution in [-0.4, -0.2) is 30.4 Å². The molecule has 0 saturated carbocycles. The lowest BCUT2D eigenvalue weighted by Gasteiger charge is -2.15. The van der Waals surface area contributed by atoms with Gasteiger partial charge in [-0.05, 0) is 29.5 Å². The third-order valence-electron chi connectivity index (χ3n) is 4.19. The van der Waals surface area contributed by atoms with Crippen molar-refractivity contribution in [3.05, 3.63) is 29.8 Å². The second-order valence-electron chi connectivity index (χ2n) is 5.91.